The molecule has 1 aliphatic rings. The summed E-state index contributed by atoms with van der Waals surface area (Å²) in [6.45, 7) is 17.0. The van der Waals surface area contributed by atoms with Gasteiger partial charge in [-0.15, -0.1) is 11.3 Å². The van der Waals surface area contributed by atoms with Crippen molar-refractivity contribution in [3.05, 3.63) is 44.8 Å². The summed E-state index contributed by atoms with van der Waals surface area (Å²) < 4.78 is 5.47. The van der Waals surface area contributed by atoms with Gasteiger partial charge >= 0.3 is 6.09 Å². The molecule has 0 saturated heterocycles. The third kappa shape index (κ3) is 6.20. The Kier molecular flexibility index (Phi) is 6.99. The van der Waals surface area contributed by atoms with E-state index in [1.54, 1.807) is 4.90 Å². The summed E-state index contributed by atoms with van der Waals surface area (Å²) in [5.41, 5.74) is 3.26. The molecular formula is C23H34N2O3S. The second-order valence-corrected chi connectivity index (χ2v) is 10.4. The van der Waals surface area contributed by atoms with Crippen LogP contribution in [0.5, 0.6) is 0 Å². The van der Waals surface area contributed by atoms with Crippen LogP contribution in [0, 0.1) is 5.41 Å². The first-order chi connectivity index (χ1) is 13.3. The smallest absolute Gasteiger partial charge is 0.410 e. The fraction of sp³-hybridized carbons (Fsp3) is 0.565. The molecule has 0 fully saturated rings. The normalized spacial score (nSPS) is 15.8. The van der Waals surface area contributed by atoms with Crippen molar-refractivity contribution in [2.24, 2.45) is 5.41 Å². The summed E-state index contributed by atoms with van der Waals surface area (Å²) in [6, 6.07) is 0. The van der Waals surface area contributed by atoms with Crippen LogP contribution in [-0.4, -0.2) is 29.0 Å². The highest BCUT2D eigenvalue weighted by Crippen LogP contribution is 2.30. The Hall–Kier alpha value is -2.08. The third-order valence-electron chi connectivity index (χ3n) is 4.70. The first kappa shape index (κ1) is 23.2. The molecule has 1 aliphatic heterocycles. The fourth-order valence-electron chi connectivity index (χ4n) is 3.25. The summed E-state index contributed by atoms with van der Waals surface area (Å²) in [6.07, 6.45) is 4.46. The van der Waals surface area contributed by atoms with E-state index in [0.29, 0.717) is 25.1 Å². The number of nitrogens with one attached hydrogen (secondary N) is 1. The molecular weight excluding hydrogens is 384 g/mol. The van der Waals surface area contributed by atoms with Gasteiger partial charge in [0.05, 0.1) is 12.1 Å². The lowest BCUT2D eigenvalue weighted by Gasteiger charge is -2.30. The number of amides is 2. The minimum Gasteiger partial charge on any atom is -0.444 e. The van der Waals surface area contributed by atoms with E-state index in [-0.39, 0.29) is 17.4 Å². The van der Waals surface area contributed by atoms with Gasteiger partial charge in [0.25, 0.3) is 5.91 Å². The number of carbonyl (C=O) groups is 2. The summed E-state index contributed by atoms with van der Waals surface area (Å²) in [4.78, 5) is 27.9. The van der Waals surface area contributed by atoms with Crippen molar-refractivity contribution in [2.45, 2.75) is 74.0 Å². The number of ether oxygens (including phenoxy) is 1. The molecule has 1 N–H and O–H groups in total. The van der Waals surface area contributed by atoms with Crippen LogP contribution in [0.15, 0.2) is 28.8 Å². The predicted octanol–water partition coefficient (Wildman–Crippen LogP) is 5.67. The zero-order valence-electron chi connectivity index (χ0n) is 18.9. The number of rotatable bonds is 3. The Morgan fingerprint density at radius 1 is 1.21 bits per heavy atom. The largest absolute Gasteiger partial charge is 0.444 e. The maximum Gasteiger partial charge on any atom is 0.410 e. The summed E-state index contributed by atoms with van der Waals surface area (Å²) >= 11 is 1.53. The Bertz CT molecular complexity index is 835. The molecule has 0 atom stereocenters. The second-order valence-electron chi connectivity index (χ2n) is 9.48. The van der Waals surface area contributed by atoms with Crippen molar-refractivity contribution in [1.82, 2.24) is 10.2 Å². The lowest BCUT2D eigenvalue weighted by Crippen LogP contribution is -2.39. The molecule has 0 aliphatic carbocycles. The van der Waals surface area contributed by atoms with E-state index in [2.05, 4.69) is 32.2 Å². The monoisotopic (exact) mass is 418 g/mol. The van der Waals surface area contributed by atoms with Gasteiger partial charge in [-0.2, -0.15) is 0 Å². The maximum absolute atomic E-state index is 12.8. The first-order valence-electron chi connectivity index (χ1n) is 10.1. The lowest BCUT2D eigenvalue weighted by atomic mass is 9.86. The average molecular weight is 419 g/mol. The van der Waals surface area contributed by atoms with Gasteiger partial charge in [0.1, 0.15) is 5.60 Å². The molecule has 0 spiro atoms. The Balaban J connectivity index is 2.10. The van der Waals surface area contributed by atoms with Crippen LogP contribution >= 0.6 is 11.3 Å². The molecule has 0 aromatic carbocycles. The molecule has 2 heterocycles. The van der Waals surface area contributed by atoms with Gasteiger partial charge < -0.3 is 15.0 Å². The number of thiophene rings is 1. The third-order valence-corrected chi connectivity index (χ3v) is 5.72. The van der Waals surface area contributed by atoms with E-state index >= 15 is 0 Å². The van der Waals surface area contributed by atoms with Crippen LogP contribution < -0.4 is 5.32 Å². The Morgan fingerprint density at radius 2 is 1.86 bits per heavy atom. The summed E-state index contributed by atoms with van der Waals surface area (Å²) in [7, 11) is 0. The highest BCUT2D eigenvalue weighted by molar-refractivity contribution is 7.10. The molecule has 0 unspecified atom stereocenters. The molecule has 29 heavy (non-hydrogen) atoms. The van der Waals surface area contributed by atoms with Crippen molar-refractivity contribution in [3.8, 4) is 0 Å². The molecule has 2 amide bonds. The summed E-state index contributed by atoms with van der Waals surface area (Å²) in [5, 5.41) is 4.91. The first-order valence-corrected chi connectivity index (χ1v) is 10.9. The molecule has 6 heteroatoms. The minimum absolute atomic E-state index is 0.0212. The van der Waals surface area contributed by atoms with Crippen molar-refractivity contribution < 1.29 is 14.3 Å². The SMILES string of the molecule is C/C=C(\C=C(/C)NC(=O)c1csc2c1CCN(C(=O)OC(C)(C)C)C2)C(C)(C)C. The molecule has 0 radical (unpaired) electrons. The molecule has 2 rings (SSSR count). The van der Waals surface area contributed by atoms with Crippen LogP contribution in [-0.2, 0) is 17.7 Å². The van der Waals surface area contributed by atoms with Crippen LogP contribution in [0.1, 0.15) is 76.2 Å². The quantitative estimate of drug-likeness (QED) is 0.644. The van der Waals surface area contributed by atoms with Gasteiger partial charge in [0, 0.05) is 22.5 Å². The second kappa shape index (κ2) is 8.74. The summed E-state index contributed by atoms with van der Waals surface area (Å²) in [5.74, 6) is -0.0914. The van der Waals surface area contributed by atoms with Crippen molar-refractivity contribution in [3.63, 3.8) is 0 Å². The van der Waals surface area contributed by atoms with Crippen molar-refractivity contribution >= 4 is 23.3 Å². The van der Waals surface area contributed by atoms with E-state index in [0.717, 1.165) is 16.1 Å². The fourth-order valence-corrected chi connectivity index (χ4v) is 4.34. The van der Waals surface area contributed by atoms with Gasteiger partial charge in [0.15, 0.2) is 0 Å². The Labute approximate surface area is 178 Å². The predicted molar refractivity (Wildman–Crippen MR) is 119 cm³/mol. The van der Waals surface area contributed by atoms with E-state index in [9.17, 15) is 9.59 Å². The van der Waals surface area contributed by atoms with Gasteiger partial charge in [-0.25, -0.2) is 4.79 Å². The molecule has 1 aromatic rings. The van der Waals surface area contributed by atoms with E-state index < -0.39 is 5.60 Å². The lowest BCUT2D eigenvalue weighted by molar-refractivity contribution is 0.0226. The molecule has 5 nitrogen and oxygen atoms in total. The van der Waals surface area contributed by atoms with Crippen LogP contribution in [0.2, 0.25) is 0 Å². The van der Waals surface area contributed by atoms with Crippen molar-refractivity contribution in [2.75, 3.05) is 6.54 Å². The zero-order chi connectivity index (χ0) is 22.0. The Morgan fingerprint density at radius 3 is 2.41 bits per heavy atom. The van der Waals surface area contributed by atoms with Crippen molar-refractivity contribution in [1.29, 1.82) is 0 Å². The molecule has 1 aromatic heterocycles. The molecule has 0 saturated carbocycles. The maximum atomic E-state index is 12.8. The van der Waals surface area contributed by atoms with Gasteiger partial charge in [-0.1, -0.05) is 26.8 Å². The number of hydrogen-bond donors (Lipinski definition) is 1. The van der Waals surface area contributed by atoms with E-state index in [4.69, 9.17) is 4.74 Å². The van der Waals surface area contributed by atoms with E-state index in [1.165, 1.54) is 16.9 Å². The van der Waals surface area contributed by atoms with Gasteiger partial charge in [0.2, 0.25) is 0 Å². The molecule has 160 valence electrons. The standard InChI is InChI=1S/C23H34N2O3S/c1-9-16(22(3,4)5)12-15(2)24-20(26)18-14-29-19-13-25(11-10-17(18)19)21(27)28-23(6,7)8/h9,12,14H,10-11,13H2,1-8H3,(H,24,26)/b15-12+,16-9+. The highest BCUT2D eigenvalue weighted by atomic mass is 32.1. The molecule has 0 bridgehead atoms. The van der Waals surface area contributed by atoms with Gasteiger partial charge in [-0.3, -0.25) is 4.79 Å². The number of nitrogens with zero attached hydrogens (tertiary/aromatic N) is 1. The van der Waals surface area contributed by atoms with Crippen LogP contribution in [0.3, 0.4) is 0 Å². The number of carbonyl (C=O) groups excluding carboxylic acids is 2. The number of allylic oxidation sites excluding steroid dienone is 4. The van der Waals surface area contributed by atoms with E-state index in [1.807, 2.05) is 46.1 Å². The number of fused-ring (bicyclic) bond motifs is 1. The van der Waals surface area contributed by atoms with Gasteiger partial charge in [-0.05, 0) is 63.7 Å². The van der Waals surface area contributed by atoms with Crippen LogP contribution in [0.4, 0.5) is 4.79 Å². The van der Waals surface area contributed by atoms with Crippen LogP contribution in [0.25, 0.3) is 0 Å². The average Bonchev–Trinajstić information content (AvgIpc) is 3.00. The highest BCUT2D eigenvalue weighted by Gasteiger charge is 2.29. The number of hydrogen-bond acceptors (Lipinski definition) is 4. The minimum atomic E-state index is -0.513. The zero-order valence-corrected chi connectivity index (χ0v) is 19.8. The topological polar surface area (TPSA) is 58.6 Å².